The van der Waals surface area contributed by atoms with Gasteiger partial charge in [-0.15, -0.1) is 0 Å². The van der Waals surface area contributed by atoms with Gasteiger partial charge in [0, 0.05) is 12.1 Å². The van der Waals surface area contributed by atoms with Crippen molar-refractivity contribution < 1.29 is 18.8 Å². The molecule has 0 aliphatic rings. The van der Waals surface area contributed by atoms with Crippen molar-refractivity contribution in [2.24, 2.45) is 0 Å². The summed E-state index contributed by atoms with van der Waals surface area (Å²) in [5.41, 5.74) is 0.343. The highest BCUT2D eigenvalue weighted by Gasteiger charge is 2.15. The summed E-state index contributed by atoms with van der Waals surface area (Å²) in [6, 6.07) is 10.2. The highest BCUT2D eigenvalue weighted by Crippen LogP contribution is 2.28. The zero-order chi connectivity index (χ0) is 18.2. The third-order valence-electron chi connectivity index (χ3n) is 3.20. The fourth-order valence-electron chi connectivity index (χ4n) is 2.02. The van der Waals surface area contributed by atoms with Gasteiger partial charge in [-0.1, -0.05) is 25.1 Å². The zero-order valence-corrected chi connectivity index (χ0v) is 13.6. The summed E-state index contributed by atoms with van der Waals surface area (Å²) in [7, 11) is 0. The van der Waals surface area contributed by atoms with Crippen LogP contribution in [0.4, 0.5) is 15.8 Å². The van der Waals surface area contributed by atoms with Gasteiger partial charge in [-0.25, -0.2) is 4.39 Å². The molecule has 0 atom stereocenters. The zero-order valence-electron chi connectivity index (χ0n) is 13.6. The first-order valence-electron chi connectivity index (χ1n) is 7.66. The second-order valence-electron chi connectivity index (χ2n) is 5.14. The van der Waals surface area contributed by atoms with E-state index in [1.54, 1.807) is 12.1 Å². The number of benzene rings is 2. The number of para-hydroxylation sites is 1. The smallest absolute Gasteiger partial charge is 0.311 e. The molecule has 0 radical (unpaired) electrons. The van der Waals surface area contributed by atoms with Crippen LogP contribution < -0.4 is 10.1 Å². The van der Waals surface area contributed by atoms with Crippen molar-refractivity contribution in [3.05, 3.63) is 70.0 Å². The summed E-state index contributed by atoms with van der Waals surface area (Å²) in [6.45, 7) is 2.28. The Kier molecular flexibility index (Phi) is 6.22. The van der Waals surface area contributed by atoms with Crippen LogP contribution in [0.3, 0.4) is 0 Å². The fraction of sp³-hybridized carbons (Fsp3) is 0.167. The van der Waals surface area contributed by atoms with Crippen molar-refractivity contribution in [2.45, 2.75) is 13.3 Å². The molecule has 1 amide bonds. The predicted octanol–water partition coefficient (Wildman–Crippen LogP) is 4.17. The number of hydrogen-bond donors (Lipinski definition) is 1. The Morgan fingerprint density at radius 3 is 2.76 bits per heavy atom. The first kappa shape index (κ1) is 18.1. The number of nitro groups is 1. The largest absolute Gasteiger partial charge is 0.487 e. The van der Waals surface area contributed by atoms with Crippen molar-refractivity contribution in [2.75, 3.05) is 11.9 Å². The van der Waals surface area contributed by atoms with Gasteiger partial charge >= 0.3 is 5.69 Å². The van der Waals surface area contributed by atoms with Crippen molar-refractivity contribution >= 4 is 23.4 Å². The second-order valence-corrected chi connectivity index (χ2v) is 5.14. The van der Waals surface area contributed by atoms with Crippen LogP contribution in [-0.2, 0) is 4.79 Å². The molecular formula is C18H17FN2O4. The molecule has 130 valence electrons. The van der Waals surface area contributed by atoms with Crippen LogP contribution in [0.5, 0.6) is 5.75 Å². The van der Waals surface area contributed by atoms with E-state index in [4.69, 9.17) is 4.74 Å². The van der Waals surface area contributed by atoms with E-state index in [1.807, 2.05) is 6.92 Å². The maximum absolute atomic E-state index is 13.5. The van der Waals surface area contributed by atoms with Gasteiger partial charge in [0.2, 0.25) is 5.91 Å². The van der Waals surface area contributed by atoms with E-state index in [9.17, 15) is 19.3 Å². The summed E-state index contributed by atoms with van der Waals surface area (Å²) in [5, 5.41) is 13.5. The monoisotopic (exact) mass is 344 g/mol. The van der Waals surface area contributed by atoms with Gasteiger partial charge in [0.05, 0.1) is 17.2 Å². The van der Waals surface area contributed by atoms with Crippen molar-refractivity contribution in [1.82, 2.24) is 0 Å². The number of rotatable bonds is 7. The minimum Gasteiger partial charge on any atom is -0.487 e. The number of carbonyl (C=O) groups excluding carboxylic acids is 1. The molecule has 0 aliphatic heterocycles. The average Bonchev–Trinajstić information content (AvgIpc) is 2.60. The predicted molar refractivity (Wildman–Crippen MR) is 92.9 cm³/mol. The minimum absolute atomic E-state index is 0.0615. The first-order chi connectivity index (χ1) is 12.0. The summed E-state index contributed by atoms with van der Waals surface area (Å²) >= 11 is 0. The number of ether oxygens (including phenoxy) is 1. The number of nitrogens with zero attached hydrogens (tertiary/aromatic N) is 1. The lowest BCUT2D eigenvalue weighted by Gasteiger charge is -2.06. The quantitative estimate of drug-likeness (QED) is 0.464. The number of carbonyl (C=O) groups is 1. The number of halogens is 1. The Labute approximate surface area is 144 Å². The standard InChI is InChI=1S/C18H17FN2O4/c1-2-11-25-17-9-7-13(12-16(17)21(23)24)8-10-18(22)20-15-6-4-3-5-14(15)19/h3-10,12H,2,11H2,1H3,(H,20,22)/b10-8+. The van der Waals surface area contributed by atoms with E-state index >= 15 is 0 Å². The van der Waals surface area contributed by atoms with Crippen LogP contribution in [0.2, 0.25) is 0 Å². The summed E-state index contributed by atoms with van der Waals surface area (Å²) < 4.78 is 18.8. The fourth-order valence-corrected chi connectivity index (χ4v) is 2.02. The van der Waals surface area contributed by atoms with Gasteiger partial charge in [-0.2, -0.15) is 0 Å². The topological polar surface area (TPSA) is 81.5 Å². The second kappa shape index (κ2) is 8.58. The Balaban J connectivity index is 2.12. The molecule has 0 heterocycles. The van der Waals surface area contributed by atoms with E-state index in [0.29, 0.717) is 12.2 Å². The van der Waals surface area contributed by atoms with Gasteiger partial charge in [0.25, 0.3) is 0 Å². The molecule has 0 spiro atoms. The van der Waals surface area contributed by atoms with Crippen LogP contribution in [0, 0.1) is 15.9 Å². The molecule has 0 saturated carbocycles. The number of nitro benzene ring substituents is 1. The molecule has 0 saturated heterocycles. The lowest BCUT2D eigenvalue weighted by Crippen LogP contribution is -2.09. The highest BCUT2D eigenvalue weighted by molar-refractivity contribution is 6.02. The van der Waals surface area contributed by atoms with Crippen LogP contribution in [0.15, 0.2) is 48.5 Å². The molecule has 0 bridgehead atoms. The van der Waals surface area contributed by atoms with E-state index < -0.39 is 16.6 Å². The molecule has 0 fully saturated rings. The van der Waals surface area contributed by atoms with Gasteiger partial charge < -0.3 is 10.1 Å². The number of hydrogen-bond acceptors (Lipinski definition) is 4. The number of amides is 1. The number of anilines is 1. The lowest BCUT2D eigenvalue weighted by molar-refractivity contribution is -0.385. The molecule has 25 heavy (non-hydrogen) atoms. The van der Waals surface area contributed by atoms with Crippen molar-refractivity contribution in [1.29, 1.82) is 0 Å². The maximum atomic E-state index is 13.5. The van der Waals surface area contributed by atoms with Crippen LogP contribution >= 0.6 is 0 Å². The van der Waals surface area contributed by atoms with E-state index in [2.05, 4.69) is 5.32 Å². The minimum atomic E-state index is -0.544. The Morgan fingerprint density at radius 1 is 1.32 bits per heavy atom. The van der Waals surface area contributed by atoms with Crippen LogP contribution in [0.1, 0.15) is 18.9 Å². The molecular weight excluding hydrogens is 327 g/mol. The maximum Gasteiger partial charge on any atom is 0.311 e. The molecule has 7 heteroatoms. The molecule has 0 aromatic heterocycles. The highest BCUT2D eigenvalue weighted by atomic mass is 19.1. The van der Waals surface area contributed by atoms with Crippen molar-refractivity contribution in [3.8, 4) is 5.75 Å². The molecule has 2 aromatic rings. The summed E-state index contributed by atoms with van der Waals surface area (Å²) in [4.78, 5) is 22.4. The van der Waals surface area contributed by atoms with Gasteiger partial charge in [0.1, 0.15) is 5.82 Å². The average molecular weight is 344 g/mol. The molecule has 0 unspecified atom stereocenters. The SMILES string of the molecule is CCCOc1ccc(/C=C/C(=O)Nc2ccccc2F)cc1[N+](=O)[O-]. The normalized spacial score (nSPS) is 10.6. The summed E-state index contributed by atoms with van der Waals surface area (Å²) in [6.07, 6.45) is 3.32. The van der Waals surface area contributed by atoms with Gasteiger partial charge in [-0.05, 0) is 36.3 Å². The lowest BCUT2D eigenvalue weighted by atomic mass is 10.1. The van der Waals surface area contributed by atoms with Crippen LogP contribution in [0.25, 0.3) is 6.08 Å². The van der Waals surface area contributed by atoms with Gasteiger partial charge in [-0.3, -0.25) is 14.9 Å². The molecule has 2 rings (SSSR count). The number of nitrogens with one attached hydrogen (secondary N) is 1. The van der Waals surface area contributed by atoms with E-state index in [0.717, 1.165) is 6.42 Å². The molecule has 2 aromatic carbocycles. The summed E-state index contributed by atoms with van der Waals surface area (Å²) in [5.74, 6) is -0.906. The third-order valence-corrected chi connectivity index (χ3v) is 3.20. The Hall–Kier alpha value is -3.22. The first-order valence-corrected chi connectivity index (χ1v) is 7.66. The molecule has 0 aliphatic carbocycles. The van der Waals surface area contributed by atoms with E-state index in [-0.39, 0.29) is 17.1 Å². The van der Waals surface area contributed by atoms with Crippen LogP contribution in [-0.4, -0.2) is 17.4 Å². The van der Waals surface area contributed by atoms with Crippen molar-refractivity contribution in [3.63, 3.8) is 0 Å². The Bertz CT molecular complexity index is 805. The van der Waals surface area contributed by atoms with E-state index in [1.165, 1.54) is 42.5 Å². The molecule has 1 N–H and O–H groups in total. The van der Waals surface area contributed by atoms with Gasteiger partial charge in [0.15, 0.2) is 5.75 Å². The molecule has 6 nitrogen and oxygen atoms in total. The third kappa shape index (κ3) is 5.13. The Morgan fingerprint density at radius 2 is 2.08 bits per heavy atom.